The molecule has 3 heteroatoms. The number of halogens is 1. The van der Waals surface area contributed by atoms with Gasteiger partial charge >= 0.3 is 0 Å². The Hall–Kier alpha value is -0.930. The highest BCUT2D eigenvalue weighted by molar-refractivity contribution is 5.19. The molecule has 1 aromatic carbocycles. The van der Waals surface area contributed by atoms with Crippen molar-refractivity contribution in [1.29, 1.82) is 0 Å². The van der Waals surface area contributed by atoms with Crippen molar-refractivity contribution < 1.29 is 4.39 Å². The lowest BCUT2D eigenvalue weighted by molar-refractivity contribution is 0.334. The first-order chi connectivity index (χ1) is 9.15. The van der Waals surface area contributed by atoms with Gasteiger partial charge in [0.15, 0.2) is 0 Å². The van der Waals surface area contributed by atoms with Gasteiger partial charge in [-0.1, -0.05) is 18.6 Å². The second kappa shape index (κ2) is 7.01. The fraction of sp³-hybridized carbons (Fsp3) is 0.625. The van der Waals surface area contributed by atoms with E-state index in [-0.39, 0.29) is 11.9 Å². The van der Waals surface area contributed by atoms with E-state index in [1.165, 1.54) is 31.4 Å². The van der Waals surface area contributed by atoms with Gasteiger partial charge in [0, 0.05) is 18.1 Å². The van der Waals surface area contributed by atoms with Crippen molar-refractivity contribution in [2.75, 3.05) is 6.54 Å². The molecule has 1 aliphatic rings. The molecule has 1 heterocycles. The molecule has 0 spiro atoms. The molecular formula is C16H25FN2. The Morgan fingerprint density at radius 2 is 2.00 bits per heavy atom. The van der Waals surface area contributed by atoms with E-state index in [1.807, 2.05) is 12.1 Å². The van der Waals surface area contributed by atoms with E-state index < -0.39 is 0 Å². The van der Waals surface area contributed by atoms with E-state index in [0.29, 0.717) is 12.1 Å². The van der Waals surface area contributed by atoms with Crippen LogP contribution in [-0.4, -0.2) is 18.6 Å². The maximum Gasteiger partial charge on any atom is 0.123 e. The molecule has 2 N–H and O–H groups in total. The summed E-state index contributed by atoms with van der Waals surface area (Å²) in [7, 11) is 0. The molecule has 1 fully saturated rings. The van der Waals surface area contributed by atoms with Gasteiger partial charge in [-0.15, -0.1) is 0 Å². The van der Waals surface area contributed by atoms with E-state index >= 15 is 0 Å². The molecule has 106 valence electrons. The van der Waals surface area contributed by atoms with Crippen molar-refractivity contribution >= 4 is 0 Å². The highest BCUT2D eigenvalue weighted by atomic mass is 19.1. The molecule has 3 atom stereocenters. The third-order valence-electron chi connectivity index (χ3n) is 3.95. The largest absolute Gasteiger partial charge is 0.314 e. The molecule has 1 saturated heterocycles. The Morgan fingerprint density at radius 1 is 1.26 bits per heavy atom. The molecule has 0 aliphatic carbocycles. The lowest BCUT2D eigenvalue weighted by Crippen LogP contribution is -2.40. The number of hydrogen-bond acceptors (Lipinski definition) is 2. The van der Waals surface area contributed by atoms with Crippen LogP contribution in [0.1, 0.15) is 51.1 Å². The van der Waals surface area contributed by atoms with Crippen LogP contribution in [0.15, 0.2) is 24.3 Å². The molecule has 2 rings (SSSR count). The average Bonchev–Trinajstić information content (AvgIpc) is 2.40. The van der Waals surface area contributed by atoms with Crippen molar-refractivity contribution in [1.82, 2.24) is 10.6 Å². The maximum absolute atomic E-state index is 12.9. The van der Waals surface area contributed by atoms with Gasteiger partial charge in [0.25, 0.3) is 0 Å². The van der Waals surface area contributed by atoms with Gasteiger partial charge in [-0.25, -0.2) is 4.39 Å². The quantitative estimate of drug-likeness (QED) is 0.851. The van der Waals surface area contributed by atoms with Gasteiger partial charge in [0.1, 0.15) is 5.82 Å². The Kier molecular flexibility index (Phi) is 5.34. The molecule has 0 radical (unpaired) electrons. The summed E-state index contributed by atoms with van der Waals surface area (Å²) in [6.45, 7) is 5.53. The molecule has 0 bridgehead atoms. The van der Waals surface area contributed by atoms with E-state index in [4.69, 9.17) is 0 Å². The Labute approximate surface area is 115 Å². The molecule has 1 aliphatic heterocycles. The maximum atomic E-state index is 12.9. The minimum absolute atomic E-state index is 0.171. The predicted octanol–water partition coefficient (Wildman–Crippen LogP) is 3.40. The minimum Gasteiger partial charge on any atom is -0.314 e. The Bertz CT molecular complexity index is 371. The van der Waals surface area contributed by atoms with Crippen LogP contribution in [0, 0.1) is 5.82 Å². The lowest BCUT2D eigenvalue weighted by Gasteiger charge is -2.28. The summed E-state index contributed by atoms with van der Waals surface area (Å²) >= 11 is 0. The first-order valence-electron chi connectivity index (χ1n) is 7.40. The van der Waals surface area contributed by atoms with Gasteiger partial charge in [-0.05, 0) is 57.4 Å². The average molecular weight is 264 g/mol. The molecule has 3 unspecified atom stereocenters. The van der Waals surface area contributed by atoms with Crippen molar-refractivity contribution in [3.63, 3.8) is 0 Å². The van der Waals surface area contributed by atoms with Gasteiger partial charge < -0.3 is 10.6 Å². The minimum atomic E-state index is -0.171. The second-order valence-electron chi connectivity index (χ2n) is 5.72. The van der Waals surface area contributed by atoms with E-state index in [9.17, 15) is 4.39 Å². The summed E-state index contributed by atoms with van der Waals surface area (Å²) in [4.78, 5) is 0. The van der Waals surface area contributed by atoms with Crippen LogP contribution in [0.4, 0.5) is 4.39 Å². The number of rotatable bonds is 5. The molecule has 0 saturated carbocycles. The van der Waals surface area contributed by atoms with Crippen LogP contribution in [0.5, 0.6) is 0 Å². The monoisotopic (exact) mass is 264 g/mol. The van der Waals surface area contributed by atoms with Crippen molar-refractivity contribution in [2.24, 2.45) is 0 Å². The highest BCUT2D eigenvalue weighted by Crippen LogP contribution is 2.16. The summed E-state index contributed by atoms with van der Waals surface area (Å²) in [6, 6.07) is 8.16. The zero-order chi connectivity index (χ0) is 13.7. The van der Waals surface area contributed by atoms with Crippen LogP contribution in [0.2, 0.25) is 0 Å². The van der Waals surface area contributed by atoms with Crippen molar-refractivity contribution in [3.05, 3.63) is 35.6 Å². The number of benzene rings is 1. The normalized spacial score (nSPS) is 23.0. The summed E-state index contributed by atoms with van der Waals surface area (Å²) in [5, 5.41) is 7.18. The van der Waals surface area contributed by atoms with Crippen LogP contribution < -0.4 is 10.6 Å². The Morgan fingerprint density at radius 3 is 2.63 bits per heavy atom. The van der Waals surface area contributed by atoms with Crippen LogP contribution in [0.25, 0.3) is 0 Å². The number of hydrogen-bond donors (Lipinski definition) is 2. The molecule has 0 aromatic heterocycles. The zero-order valence-corrected chi connectivity index (χ0v) is 12.0. The fourth-order valence-electron chi connectivity index (χ4n) is 2.89. The molecule has 0 amide bonds. The first kappa shape index (κ1) is 14.5. The third-order valence-corrected chi connectivity index (χ3v) is 3.95. The van der Waals surface area contributed by atoms with Gasteiger partial charge in [-0.2, -0.15) is 0 Å². The summed E-state index contributed by atoms with van der Waals surface area (Å²) in [5.74, 6) is -0.171. The molecule has 2 nitrogen and oxygen atoms in total. The van der Waals surface area contributed by atoms with Gasteiger partial charge in [0.05, 0.1) is 0 Å². The van der Waals surface area contributed by atoms with E-state index in [1.54, 1.807) is 0 Å². The summed E-state index contributed by atoms with van der Waals surface area (Å²) in [6.07, 6.45) is 5.10. The molecule has 19 heavy (non-hydrogen) atoms. The number of piperidine rings is 1. The highest BCUT2D eigenvalue weighted by Gasteiger charge is 2.17. The first-order valence-corrected chi connectivity index (χ1v) is 7.40. The van der Waals surface area contributed by atoms with E-state index in [2.05, 4.69) is 24.5 Å². The standard InChI is InChI=1S/C16H25FN2/c1-12(11-16-5-3-4-10-18-16)19-13(2)14-6-8-15(17)9-7-14/h6-9,12-13,16,18-19H,3-5,10-11H2,1-2H3. The fourth-order valence-corrected chi connectivity index (χ4v) is 2.89. The second-order valence-corrected chi connectivity index (χ2v) is 5.72. The zero-order valence-electron chi connectivity index (χ0n) is 12.0. The smallest absolute Gasteiger partial charge is 0.123 e. The lowest BCUT2D eigenvalue weighted by atomic mass is 9.98. The summed E-state index contributed by atoms with van der Waals surface area (Å²) in [5.41, 5.74) is 1.14. The third kappa shape index (κ3) is 4.59. The van der Waals surface area contributed by atoms with Crippen LogP contribution >= 0.6 is 0 Å². The van der Waals surface area contributed by atoms with Crippen LogP contribution in [0.3, 0.4) is 0 Å². The van der Waals surface area contributed by atoms with Crippen LogP contribution in [-0.2, 0) is 0 Å². The van der Waals surface area contributed by atoms with Gasteiger partial charge in [-0.3, -0.25) is 0 Å². The van der Waals surface area contributed by atoms with Crippen molar-refractivity contribution in [2.45, 2.75) is 57.7 Å². The van der Waals surface area contributed by atoms with E-state index in [0.717, 1.165) is 18.5 Å². The van der Waals surface area contributed by atoms with Crippen molar-refractivity contribution in [3.8, 4) is 0 Å². The SMILES string of the molecule is CC(CC1CCCCN1)NC(C)c1ccc(F)cc1. The molecular weight excluding hydrogens is 239 g/mol. The van der Waals surface area contributed by atoms with Gasteiger partial charge in [0.2, 0.25) is 0 Å². The topological polar surface area (TPSA) is 24.1 Å². The number of nitrogens with one attached hydrogen (secondary N) is 2. The summed E-state index contributed by atoms with van der Waals surface area (Å²) < 4.78 is 12.9. The Balaban J connectivity index is 1.80. The molecule has 1 aromatic rings. The predicted molar refractivity (Wildman–Crippen MR) is 77.7 cm³/mol.